The van der Waals surface area contributed by atoms with Gasteiger partial charge in [-0.05, 0) is 57.1 Å². The molecule has 1 heterocycles. The lowest BCUT2D eigenvalue weighted by Gasteiger charge is -2.22. The van der Waals surface area contributed by atoms with E-state index in [4.69, 9.17) is 4.42 Å². The number of aryl methyl sites for hydroxylation is 1. The average Bonchev–Trinajstić information content (AvgIpc) is 3.03. The van der Waals surface area contributed by atoms with E-state index in [0.717, 1.165) is 23.9 Å². The van der Waals surface area contributed by atoms with Gasteiger partial charge in [-0.3, -0.25) is 4.79 Å². The summed E-state index contributed by atoms with van der Waals surface area (Å²) in [7, 11) is 0. The zero-order chi connectivity index (χ0) is 12.7. The molecule has 1 N–H and O–H groups in total. The smallest absolute Gasteiger partial charge is 0.223 e. The number of fused-ring (bicyclic) bond motifs is 2. The maximum absolute atomic E-state index is 12.3. The first kappa shape index (κ1) is 11.8. The lowest BCUT2D eigenvalue weighted by molar-refractivity contribution is -0.127. The number of rotatable bonds is 3. The number of nitrogens with one attached hydrogen (secondary N) is 1. The quantitative estimate of drug-likeness (QED) is 0.891. The summed E-state index contributed by atoms with van der Waals surface area (Å²) in [6, 6.07) is 3.86. The van der Waals surface area contributed by atoms with Crippen molar-refractivity contribution in [1.82, 2.24) is 5.32 Å². The lowest BCUT2D eigenvalue weighted by atomic mass is 9.88. The van der Waals surface area contributed by atoms with Crippen LogP contribution in [0.2, 0.25) is 0 Å². The zero-order valence-electron chi connectivity index (χ0n) is 11.1. The van der Waals surface area contributed by atoms with E-state index in [2.05, 4.69) is 5.32 Å². The molecule has 2 fully saturated rings. The van der Waals surface area contributed by atoms with Gasteiger partial charge in [0.15, 0.2) is 0 Å². The van der Waals surface area contributed by atoms with Crippen LogP contribution in [0.25, 0.3) is 0 Å². The maximum atomic E-state index is 12.3. The van der Waals surface area contributed by atoms with Crippen LogP contribution in [0, 0.1) is 24.7 Å². The fourth-order valence-corrected chi connectivity index (χ4v) is 3.64. The molecule has 4 unspecified atom stereocenters. The molecule has 0 aromatic carbocycles. The van der Waals surface area contributed by atoms with E-state index in [0.29, 0.717) is 5.92 Å². The fourth-order valence-electron chi connectivity index (χ4n) is 3.64. The van der Waals surface area contributed by atoms with Gasteiger partial charge in [-0.2, -0.15) is 0 Å². The molecule has 3 nitrogen and oxygen atoms in total. The predicted molar refractivity (Wildman–Crippen MR) is 68.9 cm³/mol. The van der Waals surface area contributed by atoms with Gasteiger partial charge in [0.05, 0.1) is 6.04 Å². The van der Waals surface area contributed by atoms with Crippen molar-refractivity contribution in [3.8, 4) is 0 Å². The van der Waals surface area contributed by atoms with Crippen molar-refractivity contribution in [3.63, 3.8) is 0 Å². The Bertz CT molecular complexity index is 451. The Morgan fingerprint density at radius 2 is 2.22 bits per heavy atom. The van der Waals surface area contributed by atoms with Crippen LogP contribution in [0.15, 0.2) is 16.5 Å². The molecule has 18 heavy (non-hydrogen) atoms. The topological polar surface area (TPSA) is 42.2 Å². The van der Waals surface area contributed by atoms with Crippen LogP contribution in [-0.2, 0) is 4.79 Å². The van der Waals surface area contributed by atoms with Gasteiger partial charge in [0.25, 0.3) is 0 Å². The van der Waals surface area contributed by atoms with E-state index in [-0.39, 0.29) is 17.9 Å². The third-order valence-electron chi connectivity index (χ3n) is 4.62. The number of carbonyl (C=O) groups excluding carboxylic acids is 1. The largest absolute Gasteiger partial charge is 0.464 e. The number of furan rings is 1. The Labute approximate surface area is 108 Å². The van der Waals surface area contributed by atoms with Crippen LogP contribution >= 0.6 is 0 Å². The van der Waals surface area contributed by atoms with Gasteiger partial charge in [0, 0.05) is 5.92 Å². The molecule has 1 aromatic heterocycles. The highest BCUT2D eigenvalue weighted by Gasteiger charge is 2.43. The van der Waals surface area contributed by atoms with Gasteiger partial charge in [-0.15, -0.1) is 0 Å². The van der Waals surface area contributed by atoms with E-state index < -0.39 is 0 Å². The maximum Gasteiger partial charge on any atom is 0.223 e. The summed E-state index contributed by atoms with van der Waals surface area (Å²) in [6.07, 6.45) is 4.95. The molecule has 1 amide bonds. The van der Waals surface area contributed by atoms with Gasteiger partial charge < -0.3 is 9.73 Å². The van der Waals surface area contributed by atoms with E-state index in [9.17, 15) is 4.79 Å². The van der Waals surface area contributed by atoms with Crippen molar-refractivity contribution in [2.75, 3.05) is 0 Å². The molecule has 4 atom stereocenters. The molecule has 3 heteroatoms. The molecule has 2 bridgehead atoms. The molecule has 2 aliphatic rings. The normalized spacial score (nSPS) is 31.6. The molecular formula is C15H21NO2. The van der Waals surface area contributed by atoms with E-state index in [1.165, 1.54) is 19.3 Å². The molecule has 0 saturated heterocycles. The van der Waals surface area contributed by atoms with Crippen LogP contribution in [0.4, 0.5) is 0 Å². The minimum Gasteiger partial charge on any atom is -0.464 e. The SMILES string of the molecule is Cc1ccc(C(C)NC(=O)C2CC3CCC2C3)o1. The highest BCUT2D eigenvalue weighted by Crippen LogP contribution is 2.48. The van der Waals surface area contributed by atoms with Crippen molar-refractivity contribution in [2.45, 2.75) is 45.6 Å². The van der Waals surface area contributed by atoms with E-state index in [1.807, 2.05) is 26.0 Å². The highest BCUT2D eigenvalue weighted by atomic mass is 16.3. The van der Waals surface area contributed by atoms with E-state index in [1.54, 1.807) is 0 Å². The summed E-state index contributed by atoms with van der Waals surface area (Å²) in [6.45, 7) is 3.91. The monoisotopic (exact) mass is 247 g/mol. The van der Waals surface area contributed by atoms with Crippen molar-refractivity contribution >= 4 is 5.91 Å². The van der Waals surface area contributed by atoms with Crippen molar-refractivity contribution in [2.24, 2.45) is 17.8 Å². The Kier molecular flexibility index (Phi) is 2.92. The van der Waals surface area contributed by atoms with Crippen LogP contribution in [0.1, 0.15) is 50.2 Å². The third-order valence-corrected chi connectivity index (χ3v) is 4.62. The second kappa shape index (κ2) is 4.45. The minimum absolute atomic E-state index is 0.0228. The van der Waals surface area contributed by atoms with Crippen LogP contribution < -0.4 is 5.32 Å². The second-order valence-electron chi connectivity index (χ2n) is 5.96. The van der Waals surface area contributed by atoms with Crippen LogP contribution in [-0.4, -0.2) is 5.91 Å². The van der Waals surface area contributed by atoms with Crippen LogP contribution in [0.5, 0.6) is 0 Å². The second-order valence-corrected chi connectivity index (χ2v) is 5.96. The molecule has 98 valence electrons. The third kappa shape index (κ3) is 2.06. The summed E-state index contributed by atoms with van der Waals surface area (Å²) in [5.41, 5.74) is 0. The predicted octanol–water partition coefficient (Wildman–Crippen LogP) is 3.20. The van der Waals surface area contributed by atoms with Crippen LogP contribution in [0.3, 0.4) is 0 Å². The molecule has 0 spiro atoms. The Morgan fingerprint density at radius 1 is 1.39 bits per heavy atom. The van der Waals surface area contributed by atoms with E-state index >= 15 is 0 Å². The summed E-state index contributed by atoms with van der Waals surface area (Å²) in [5.74, 6) is 3.67. The lowest BCUT2D eigenvalue weighted by Crippen LogP contribution is -2.35. The molecule has 2 aliphatic carbocycles. The molecule has 0 radical (unpaired) electrons. The summed E-state index contributed by atoms with van der Waals surface area (Å²) in [5, 5.41) is 3.10. The van der Waals surface area contributed by atoms with Gasteiger partial charge in [0.1, 0.15) is 11.5 Å². The number of hydrogen-bond acceptors (Lipinski definition) is 2. The zero-order valence-corrected chi connectivity index (χ0v) is 11.1. The molecule has 0 aliphatic heterocycles. The number of amides is 1. The summed E-state index contributed by atoms with van der Waals surface area (Å²) in [4.78, 5) is 12.3. The first-order valence-electron chi connectivity index (χ1n) is 7.00. The highest BCUT2D eigenvalue weighted by molar-refractivity contribution is 5.79. The fraction of sp³-hybridized carbons (Fsp3) is 0.667. The van der Waals surface area contributed by atoms with Gasteiger partial charge in [-0.25, -0.2) is 0 Å². The molecule has 3 rings (SSSR count). The first-order valence-corrected chi connectivity index (χ1v) is 7.00. The average molecular weight is 247 g/mol. The number of carbonyl (C=O) groups is 1. The Balaban J connectivity index is 1.61. The van der Waals surface area contributed by atoms with Crippen molar-refractivity contribution in [1.29, 1.82) is 0 Å². The van der Waals surface area contributed by atoms with Crippen molar-refractivity contribution < 1.29 is 9.21 Å². The summed E-state index contributed by atoms with van der Waals surface area (Å²) < 4.78 is 5.56. The Morgan fingerprint density at radius 3 is 2.78 bits per heavy atom. The van der Waals surface area contributed by atoms with Gasteiger partial charge >= 0.3 is 0 Å². The number of hydrogen-bond donors (Lipinski definition) is 1. The van der Waals surface area contributed by atoms with Crippen molar-refractivity contribution in [3.05, 3.63) is 23.7 Å². The van der Waals surface area contributed by atoms with Gasteiger partial charge in [-0.1, -0.05) is 6.42 Å². The minimum atomic E-state index is -0.0228. The molecule has 2 saturated carbocycles. The summed E-state index contributed by atoms with van der Waals surface area (Å²) >= 11 is 0. The standard InChI is InChI=1S/C15H21NO2/c1-9-3-6-14(18-9)10(2)16-15(17)13-8-11-4-5-12(13)7-11/h3,6,10-13H,4-5,7-8H2,1-2H3,(H,16,17). The Hall–Kier alpha value is -1.25. The molecular weight excluding hydrogens is 226 g/mol. The first-order chi connectivity index (χ1) is 8.63. The van der Waals surface area contributed by atoms with Gasteiger partial charge in [0.2, 0.25) is 5.91 Å². The molecule has 1 aromatic rings.